The van der Waals surface area contributed by atoms with E-state index >= 15 is 0 Å². The van der Waals surface area contributed by atoms with Gasteiger partial charge in [0.2, 0.25) is 0 Å². The molecular formula is C18H27FIN5O. The zero-order valence-corrected chi connectivity index (χ0v) is 18.0. The molecule has 0 unspecified atom stereocenters. The Balaban J connectivity index is 0.00000338. The summed E-state index contributed by atoms with van der Waals surface area (Å²) in [6, 6.07) is 6.12. The highest BCUT2D eigenvalue weighted by Gasteiger charge is 2.09. The van der Waals surface area contributed by atoms with Crippen LogP contribution in [0.1, 0.15) is 23.9 Å². The van der Waals surface area contributed by atoms with Crippen LogP contribution >= 0.6 is 24.0 Å². The molecule has 2 rings (SSSR count). The predicted octanol–water partition coefficient (Wildman–Crippen LogP) is 2.93. The lowest BCUT2D eigenvalue weighted by atomic mass is 10.2. The average Bonchev–Trinajstić information content (AvgIpc) is 2.82. The molecule has 0 radical (unpaired) electrons. The number of guanidine groups is 1. The molecule has 0 aliphatic rings. The lowest BCUT2D eigenvalue weighted by molar-refractivity contribution is 0.320. The Hall–Kier alpha value is -1.84. The lowest BCUT2D eigenvalue weighted by Gasteiger charge is -2.12. The highest BCUT2D eigenvalue weighted by Crippen LogP contribution is 2.13. The molecule has 0 amide bonds. The SMILES string of the molecule is CCNC(=NCc1c(C)nn(C)c1C)NCCOc1cccc(F)c1.I. The van der Waals surface area contributed by atoms with Crippen LogP contribution in [0.5, 0.6) is 5.75 Å². The summed E-state index contributed by atoms with van der Waals surface area (Å²) in [4.78, 5) is 4.60. The van der Waals surface area contributed by atoms with Gasteiger partial charge in [-0.15, -0.1) is 24.0 Å². The van der Waals surface area contributed by atoms with E-state index in [-0.39, 0.29) is 29.8 Å². The molecule has 8 heteroatoms. The number of hydrogen-bond donors (Lipinski definition) is 2. The first kappa shape index (κ1) is 22.2. The summed E-state index contributed by atoms with van der Waals surface area (Å²) >= 11 is 0. The van der Waals surface area contributed by atoms with Gasteiger partial charge in [-0.1, -0.05) is 6.07 Å². The molecule has 2 aromatic rings. The number of rotatable bonds is 7. The van der Waals surface area contributed by atoms with E-state index in [1.807, 2.05) is 32.5 Å². The van der Waals surface area contributed by atoms with E-state index in [0.717, 1.165) is 23.5 Å². The highest BCUT2D eigenvalue weighted by atomic mass is 127. The number of nitrogens with one attached hydrogen (secondary N) is 2. The van der Waals surface area contributed by atoms with Crippen LogP contribution in [-0.2, 0) is 13.6 Å². The van der Waals surface area contributed by atoms with Gasteiger partial charge >= 0.3 is 0 Å². The van der Waals surface area contributed by atoms with Crippen LogP contribution in [0.15, 0.2) is 29.3 Å². The maximum Gasteiger partial charge on any atom is 0.191 e. The molecule has 1 aromatic heterocycles. The molecule has 0 atom stereocenters. The summed E-state index contributed by atoms with van der Waals surface area (Å²) in [6.45, 7) is 8.35. The maximum atomic E-state index is 13.1. The summed E-state index contributed by atoms with van der Waals surface area (Å²) in [5.41, 5.74) is 3.25. The minimum atomic E-state index is -0.303. The Morgan fingerprint density at radius 1 is 1.31 bits per heavy atom. The summed E-state index contributed by atoms with van der Waals surface area (Å²) in [5.74, 6) is 0.931. The predicted molar refractivity (Wildman–Crippen MR) is 113 cm³/mol. The molecule has 0 saturated heterocycles. The molecule has 0 bridgehead atoms. The van der Waals surface area contributed by atoms with Gasteiger partial charge < -0.3 is 15.4 Å². The van der Waals surface area contributed by atoms with Crippen molar-refractivity contribution in [3.63, 3.8) is 0 Å². The normalized spacial score (nSPS) is 11.0. The molecule has 0 fully saturated rings. The number of aryl methyl sites for hydroxylation is 2. The lowest BCUT2D eigenvalue weighted by Crippen LogP contribution is -2.39. The van der Waals surface area contributed by atoms with Gasteiger partial charge in [0.1, 0.15) is 18.2 Å². The van der Waals surface area contributed by atoms with Gasteiger partial charge in [0.15, 0.2) is 5.96 Å². The Morgan fingerprint density at radius 2 is 2.08 bits per heavy atom. The fourth-order valence-electron chi connectivity index (χ4n) is 2.44. The van der Waals surface area contributed by atoms with E-state index in [9.17, 15) is 4.39 Å². The molecule has 26 heavy (non-hydrogen) atoms. The number of hydrogen-bond acceptors (Lipinski definition) is 3. The maximum absolute atomic E-state index is 13.1. The minimum Gasteiger partial charge on any atom is -0.492 e. The van der Waals surface area contributed by atoms with E-state index in [4.69, 9.17) is 4.74 Å². The fourth-order valence-corrected chi connectivity index (χ4v) is 2.44. The van der Waals surface area contributed by atoms with E-state index < -0.39 is 0 Å². The van der Waals surface area contributed by atoms with E-state index in [2.05, 4.69) is 20.7 Å². The second-order valence-electron chi connectivity index (χ2n) is 5.70. The first-order valence-corrected chi connectivity index (χ1v) is 8.41. The summed E-state index contributed by atoms with van der Waals surface area (Å²) in [5, 5.41) is 10.8. The molecule has 2 N–H and O–H groups in total. The molecule has 0 saturated carbocycles. The zero-order chi connectivity index (χ0) is 18.2. The molecule has 1 heterocycles. The van der Waals surface area contributed by atoms with Crippen molar-refractivity contribution < 1.29 is 9.13 Å². The second-order valence-corrected chi connectivity index (χ2v) is 5.70. The Bertz CT molecular complexity index is 732. The van der Waals surface area contributed by atoms with Gasteiger partial charge in [0.25, 0.3) is 0 Å². The summed E-state index contributed by atoms with van der Waals surface area (Å²) in [7, 11) is 1.93. The molecule has 6 nitrogen and oxygen atoms in total. The first-order valence-electron chi connectivity index (χ1n) is 8.41. The smallest absolute Gasteiger partial charge is 0.191 e. The van der Waals surface area contributed by atoms with Crippen LogP contribution in [-0.4, -0.2) is 35.4 Å². The van der Waals surface area contributed by atoms with Crippen LogP contribution in [0.2, 0.25) is 0 Å². The van der Waals surface area contributed by atoms with Crippen molar-refractivity contribution in [3.05, 3.63) is 47.0 Å². The average molecular weight is 475 g/mol. The fraction of sp³-hybridized carbons (Fsp3) is 0.444. The topological polar surface area (TPSA) is 63.5 Å². The monoisotopic (exact) mass is 475 g/mol. The van der Waals surface area contributed by atoms with Gasteiger partial charge in [-0.3, -0.25) is 4.68 Å². The van der Waals surface area contributed by atoms with Crippen LogP contribution in [0.25, 0.3) is 0 Å². The Labute approximate surface area is 171 Å². The highest BCUT2D eigenvalue weighted by molar-refractivity contribution is 14.0. The second kappa shape index (κ2) is 11.0. The van der Waals surface area contributed by atoms with Crippen LogP contribution in [0.4, 0.5) is 4.39 Å². The van der Waals surface area contributed by atoms with Gasteiger partial charge in [-0.25, -0.2) is 9.38 Å². The number of halogens is 2. The van der Waals surface area contributed by atoms with Gasteiger partial charge in [-0.2, -0.15) is 5.10 Å². The number of aromatic nitrogens is 2. The summed E-state index contributed by atoms with van der Waals surface area (Å²) < 4.78 is 20.5. The van der Waals surface area contributed by atoms with Crippen molar-refractivity contribution in [2.75, 3.05) is 19.7 Å². The van der Waals surface area contributed by atoms with Crippen LogP contribution in [0, 0.1) is 19.7 Å². The van der Waals surface area contributed by atoms with Crippen molar-refractivity contribution in [1.82, 2.24) is 20.4 Å². The van der Waals surface area contributed by atoms with Crippen LogP contribution < -0.4 is 15.4 Å². The molecule has 0 aliphatic heterocycles. The zero-order valence-electron chi connectivity index (χ0n) is 15.7. The van der Waals surface area contributed by atoms with Gasteiger partial charge in [0.05, 0.1) is 18.8 Å². The minimum absolute atomic E-state index is 0. The third-order valence-electron chi connectivity index (χ3n) is 3.86. The third-order valence-corrected chi connectivity index (χ3v) is 3.86. The molecule has 144 valence electrons. The van der Waals surface area contributed by atoms with E-state index in [1.165, 1.54) is 12.1 Å². The first-order chi connectivity index (χ1) is 12.0. The van der Waals surface area contributed by atoms with Crippen molar-refractivity contribution in [2.24, 2.45) is 12.0 Å². The molecule has 0 spiro atoms. The Kier molecular flexibility index (Phi) is 9.39. The van der Waals surface area contributed by atoms with Crippen molar-refractivity contribution in [2.45, 2.75) is 27.3 Å². The Morgan fingerprint density at radius 3 is 2.69 bits per heavy atom. The number of ether oxygens (including phenoxy) is 1. The summed E-state index contributed by atoms with van der Waals surface area (Å²) in [6.07, 6.45) is 0. The van der Waals surface area contributed by atoms with Crippen molar-refractivity contribution in [3.8, 4) is 5.75 Å². The molecule has 0 aliphatic carbocycles. The van der Waals surface area contributed by atoms with Gasteiger partial charge in [-0.05, 0) is 32.9 Å². The molecular weight excluding hydrogens is 448 g/mol. The van der Waals surface area contributed by atoms with E-state index in [1.54, 1.807) is 12.1 Å². The van der Waals surface area contributed by atoms with Crippen molar-refractivity contribution in [1.29, 1.82) is 0 Å². The number of aliphatic imine (C=N–C) groups is 1. The standard InChI is InChI=1S/C18H26FN5O.HI/c1-5-20-18(22-12-17-13(2)23-24(4)14(17)3)21-9-10-25-16-8-6-7-15(19)11-16;/h6-8,11H,5,9-10,12H2,1-4H3,(H2,20,21,22);1H. The van der Waals surface area contributed by atoms with E-state index in [0.29, 0.717) is 31.4 Å². The third kappa shape index (κ3) is 6.47. The van der Waals surface area contributed by atoms with Crippen LogP contribution in [0.3, 0.4) is 0 Å². The molecule has 1 aromatic carbocycles. The number of benzene rings is 1. The van der Waals surface area contributed by atoms with Gasteiger partial charge in [0, 0.05) is 30.9 Å². The number of nitrogens with zero attached hydrogens (tertiary/aromatic N) is 3. The van der Waals surface area contributed by atoms with Crippen molar-refractivity contribution >= 4 is 29.9 Å². The largest absolute Gasteiger partial charge is 0.492 e. The quantitative estimate of drug-likeness (QED) is 0.280.